The molecule has 0 aliphatic heterocycles. The van der Waals surface area contributed by atoms with Crippen LogP contribution in [-0.4, -0.2) is 19.9 Å². The minimum atomic E-state index is -0.426. The van der Waals surface area contributed by atoms with Gasteiger partial charge in [0, 0.05) is 44.4 Å². The van der Waals surface area contributed by atoms with Gasteiger partial charge in [-0.2, -0.15) is 0 Å². The van der Waals surface area contributed by atoms with E-state index in [1.54, 1.807) is 86.6 Å². The fraction of sp³-hybridized carbons (Fsp3) is 0.0714. The van der Waals surface area contributed by atoms with E-state index >= 15 is 0 Å². The van der Waals surface area contributed by atoms with Crippen LogP contribution in [-0.2, 0) is 0 Å². The Morgan fingerprint density at radius 1 is 0.625 bits per heavy atom. The van der Waals surface area contributed by atoms with Gasteiger partial charge in [-0.3, -0.25) is 20.2 Å². The molecule has 40 heavy (non-hydrogen) atoms. The third-order valence-electron chi connectivity index (χ3n) is 5.59. The number of rotatable bonds is 6. The lowest BCUT2D eigenvalue weighted by Gasteiger charge is -2.11. The highest BCUT2D eigenvalue weighted by Crippen LogP contribution is 2.36. The van der Waals surface area contributed by atoms with Gasteiger partial charge in [0.1, 0.15) is 10.1 Å². The first-order valence-electron chi connectivity index (χ1n) is 11.6. The van der Waals surface area contributed by atoms with Gasteiger partial charge >= 0.3 is 0 Å². The summed E-state index contributed by atoms with van der Waals surface area (Å²) in [4.78, 5) is 31.5. The Morgan fingerprint density at radius 3 is 1.27 bits per heavy atom. The molecule has 0 aliphatic carbocycles. The summed E-state index contributed by atoms with van der Waals surface area (Å²) in [5.41, 5.74) is 3.67. The van der Waals surface area contributed by atoms with Crippen molar-refractivity contribution < 1.29 is 9.85 Å². The molecule has 4 aromatic rings. The highest BCUT2D eigenvalue weighted by molar-refractivity contribution is 8.87. The zero-order chi connectivity index (χ0) is 28.8. The van der Waals surface area contributed by atoms with E-state index in [4.69, 9.17) is 33.2 Å². The fourth-order valence-corrected chi connectivity index (χ4v) is 6.01. The molecule has 202 valence electrons. The average Bonchev–Trinajstić information content (AvgIpc) is 2.91. The normalized spacial score (nSPS) is 11.9. The first-order valence-corrected chi connectivity index (χ1v) is 14.5. The predicted octanol–water partition coefficient (Wildman–Crippen LogP) is 9.66. The molecule has 12 heteroatoms. The summed E-state index contributed by atoms with van der Waals surface area (Å²) >= 11 is 12.1. The molecule has 0 radical (unpaired) electrons. The predicted molar refractivity (Wildman–Crippen MR) is 166 cm³/mol. The monoisotopic (exact) mass is 610 g/mol. The molecule has 0 aromatic heterocycles. The van der Waals surface area contributed by atoms with Gasteiger partial charge in [-0.1, -0.05) is 23.2 Å². The van der Waals surface area contributed by atoms with Crippen molar-refractivity contribution >= 4 is 77.6 Å². The van der Waals surface area contributed by atoms with Crippen LogP contribution in [0, 0.1) is 34.1 Å². The van der Waals surface area contributed by atoms with Crippen LogP contribution < -0.4 is 0 Å². The van der Waals surface area contributed by atoms with E-state index in [9.17, 15) is 20.2 Å². The maximum Gasteiger partial charge on any atom is 0.272 e. The molecule has 0 spiro atoms. The van der Waals surface area contributed by atoms with E-state index in [2.05, 4.69) is 0 Å². The quantitative estimate of drug-likeness (QED) is 0.0706. The molecule has 0 aliphatic rings. The minimum Gasteiger partial charge on any atom is -0.258 e. The Balaban J connectivity index is 1.76. The largest absolute Gasteiger partial charge is 0.272 e. The molecule has 0 fully saturated rings. The van der Waals surface area contributed by atoms with Gasteiger partial charge in [-0.15, -0.1) is 0 Å². The van der Waals surface area contributed by atoms with Gasteiger partial charge in [0.25, 0.3) is 11.4 Å². The van der Waals surface area contributed by atoms with Gasteiger partial charge in [0.05, 0.1) is 21.2 Å². The second-order valence-electron chi connectivity index (χ2n) is 8.47. The van der Waals surface area contributed by atoms with Crippen LogP contribution in [0.4, 0.5) is 22.7 Å². The van der Waals surface area contributed by atoms with Crippen molar-refractivity contribution in [3.63, 3.8) is 0 Å². The molecule has 4 aromatic carbocycles. The number of hydrogen-bond donors (Lipinski definition) is 0. The van der Waals surface area contributed by atoms with Crippen LogP contribution >= 0.6 is 44.8 Å². The summed E-state index contributed by atoms with van der Waals surface area (Å²) in [6.07, 6.45) is 0. The van der Waals surface area contributed by atoms with Crippen LogP contribution in [0.5, 0.6) is 0 Å². The number of aryl methyl sites for hydroxylation is 2. The third-order valence-corrected chi connectivity index (χ3v) is 8.35. The summed E-state index contributed by atoms with van der Waals surface area (Å²) in [5.74, 6) is 0. The summed E-state index contributed by atoms with van der Waals surface area (Å²) < 4.78 is 0. The van der Waals surface area contributed by atoms with Crippen LogP contribution in [0.3, 0.4) is 0 Å². The Kier molecular flexibility index (Phi) is 9.59. The molecular formula is C28H20Cl2N4O4S2. The number of hydrogen-bond acceptors (Lipinski definition) is 8. The van der Waals surface area contributed by atoms with Crippen LogP contribution in [0.2, 0.25) is 10.0 Å². The van der Waals surface area contributed by atoms with Crippen molar-refractivity contribution in [3.05, 3.63) is 137 Å². The van der Waals surface area contributed by atoms with Crippen molar-refractivity contribution in [1.29, 1.82) is 0 Å². The summed E-state index contributed by atoms with van der Waals surface area (Å²) in [5, 5.41) is 25.0. The minimum absolute atomic E-state index is 0.0126. The second kappa shape index (κ2) is 13.1. The highest BCUT2D eigenvalue weighted by Gasteiger charge is 2.18. The lowest BCUT2D eigenvalue weighted by molar-refractivity contribution is -0.385. The summed E-state index contributed by atoms with van der Waals surface area (Å²) in [6, 6.07) is 23.6. The maximum atomic E-state index is 11.4. The number of benzene rings is 4. The Hall–Kier alpha value is -3.70. The van der Waals surface area contributed by atoms with Crippen LogP contribution in [0.15, 0.2) is 94.9 Å². The van der Waals surface area contributed by atoms with Crippen molar-refractivity contribution in [2.75, 3.05) is 0 Å². The van der Waals surface area contributed by atoms with Gasteiger partial charge in [0.15, 0.2) is 0 Å². The molecule has 0 bridgehead atoms. The molecule has 0 saturated carbocycles. The number of halogens is 2. The standard InChI is InChI=1S/C28H20Cl2N4O4S2/c1-17-15-19(3-13-25(17)33(35)36)27(31-23-9-5-21(29)6-10-23)39-40-28(32-24-11-7-22(30)8-12-24)20-4-14-26(34(37)38)18(2)16-20/h3-16H,1-2H3. The molecule has 0 N–H and O–H groups in total. The third kappa shape index (κ3) is 7.48. The van der Waals surface area contributed by atoms with E-state index in [-0.39, 0.29) is 11.4 Å². The Morgan fingerprint density at radius 2 is 0.975 bits per heavy atom. The number of aliphatic imine (C=N–C) groups is 2. The molecule has 0 heterocycles. The van der Waals surface area contributed by atoms with E-state index in [0.29, 0.717) is 53.8 Å². The molecule has 8 nitrogen and oxygen atoms in total. The van der Waals surface area contributed by atoms with E-state index < -0.39 is 9.85 Å². The average molecular weight is 612 g/mol. The summed E-state index contributed by atoms with van der Waals surface area (Å²) in [6.45, 7) is 3.35. The molecule has 0 amide bonds. The Labute approximate surface area is 247 Å². The number of nitro benzene ring substituents is 2. The van der Waals surface area contributed by atoms with E-state index in [0.717, 1.165) is 0 Å². The molecule has 4 rings (SSSR count). The maximum absolute atomic E-state index is 11.4. The molecule has 0 atom stereocenters. The highest BCUT2D eigenvalue weighted by atomic mass is 35.5. The molecular weight excluding hydrogens is 591 g/mol. The van der Waals surface area contributed by atoms with Gasteiger partial charge in [-0.25, -0.2) is 9.98 Å². The SMILES string of the molecule is Cc1cc(C(=Nc2ccc(Cl)cc2)SSC(=Nc2ccc(Cl)cc2)c2ccc([N+](=O)[O-])c(C)c2)ccc1[N+](=O)[O-]. The lowest BCUT2D eigenvalue weighted by atomic mass is 10.1. The van der Waals surface area contributed by atoms with E-state index in [1.165, 1.54) is 33.7 Å². The van der Waals surface area contributed by atoms with Crippen LogP contribution in [0.1, 0.15) is 22.3 Å². The van der Waals surface area contributed by atoms with Crippen molar-refractivity contribution in [3.8, 4) is 0 Å². The molecule has 0 saturated heterocycles. The first kappa shape index (κ1) is 29.3. The van der Waals surface area contributed by atoms with Crippen LogP contribution in [0.25, 0.3) is 0 Å². The van der Waals surface area contributed by atoms with Gasteiger partial charge < -0.3 is 0 Å². The topological polar surface area (TPSA) is 111 Å². The van der Waals surface area contributed by atoms with E-state index in [1.807, 2.05) is 0 Å². The fourth-order valence-electron chi connectivity index (χ4n) is 3.59. The van der Waals surface area contributed by atoms with Gasteiger partial charge in [0.2, 0.25) is 0 Å². The van der Waals surface area contributed by atoms with Crippen molar-refractivity contribution in [1.82, 2.24) is 0 Å². The molecule has 0 unspecified atom stereocenters. The van der Waals surface area contributed by atoms with Crippen molar-refractivity contribution in [2.24, 2.45) is 9.98 Å². The Bertz CT molecular complexity index is 1520. The smallest absolute Gasteiger partial charge is 0.258 e. The zero-order valence-corrected chi connectivity index (χ0v) is 24.2. The lowest BCUT2D eigenvalue weighted by Crippen LogP contribution is -2.01. The van der Waals surface area contributed by atoms with Gasteiger partial charge in [-0.05, 0) is 108 Å². The zero-order valence-electron chi connectivity index (χ0n) is 21.1. The summed E-state index contributed by atoms with van der Waals surface area (Å²) in [7, 11) is 2.62. The number of nitrogens with zero attached hydrogens (tertiary/aromatic N) is 4. The first-order chi connectivity index (χ1) is 19.1. The number of nitro groups is 2. The second-order valence-corrected chi connectivity index (χ2v) is 11.4. The van der Waals surface area contributed by atoms with Crippen molar-refractivity contribution in [2.45, 2.75) is 13.8 Å².